The quantitative estimate of drug-likeness (QED) is 0.782. The fraction of sp³-hybridized carbons (Fsp3) is 0.294. The zero-order valence-electron chi connectivity index (χ0n) is 11.6. The molecule has 0 aliphatic carbocycles. The molecule has 0 heterocycles. The second-order valence-electron chi connectivity index (χ2n) is 5.05. The summed E-state index contributed by atoms with van der Waals surface area (Å²) >= 11 is 11.9. The van der Waals surface area contributed by atoms with Crippen LogP contribution in [0.4, 0.5) is 0 Å². The normalized spacial score (nSPS) is 12.3. The van der Waals surface area contributed by atoms with Gasteiger partial charge in [-0.3, -0.25) is 0 Å². The predicted octanol–water partition coefficient (Wildman–Crippen LogP) is 5.10. The summed E-state index contributed by atoms with van der Waals surface area (Å²) in [5.74, 6) is 0. The highest BCUT2D eigenvalue weighted by molar-refractivity contribution is 6.42. The molecule has 106 valence electrons. The molecule has 0 fully saturated rings. The highest BCUT2D eigenvalue weighted by Gasteiger charge is 2.04. The van der Waals surface area contributed by atoms with Crippen molar-refractivity contribution >= 4 is 23.2 Å². The molecule has 0 aliphatic rings. The first-order valence-corrected chi connectivity index (χ1v) is 7.62. The smallest absolute Gasteiger partial charge is 0.0595 e. The molecule has 1 atom stereocenters. The van der Waals surface area contributed by atoms with Gasteiger partial charge in [0.25, 0.3) is 0 Å². The summed E-state index contributed by atoms with van der Waals surface area (Å²) in [6, 6.07) is 16.8. The Hall–Kier alpha value is -1.02. The zero-order chi connectivity index (χ0) is 14.4. The van der Waals surface area contributed by atoms with Crippen molar-refractivity contribution in [1.82, 2.24) is 5.32 Å². The van der Waals surface area contributed by atoms with Crippen molar-refractivity contribution < 1.29 is 0 Å². The third kappa shape index (κ3) is 4.82. The summed E-state index contributed by atoms with van der Waals surface area (Å²) in [6.07, 6.45) is 2.21. The number of hydrogen-bond acceptors (Lipinski definition) is 1. The largest absolute Gasteiger partial charge is 0.310 e. The first kappa shape index (κ1) is 15.4. The molecule has 2 aromatic carbocycles. The van der Waals surface area contributed by atoms with Crippen molar-refractivity contribution in [3.63, 3.8) is 0 Å². The fourth-order valence-electron chi connectivity index (χ4n) is 2.07. The van der Waals surface area contributed by atoms with Crippen LogP contribution in [0.1, 0.15) is 24.5 Å². The molecule has 3 heteroatoms. The molecule has 0 aromatic heterocycles. The number of rotatable bonds is 6. The maximum atomic E-state index is 6.01. The molecule has 1 nitrogen and oxygen atoms in total. The van der Waals surface area contributed by atoms with Gasteiger partial charge in [-0.05, 0) is 43.0 Å². The summed E-state index contributed by atoms with van der Waals surface area (Å²) in [5, 5.41) is 4.73. The van der Waals surface area contributed by atoms with E-state index in [0.29, 0.717) is 16.1 Å². The molecule has 20 heavy (non-hydrogen) atoms. The topological polar surface area (TPSA) is 12.0 Å². The third-order valence-corrected chi connectivity index (χ3v) is 4.09. The van der Waals surface area contributed by atoms with Crippen molar-refractivity contribution in [2.24, 2.45) is 0 Å². The minimum atomic E-state index is 0.463. The van der Waals surface area contributed by atoms with Gasteiger partial charge in [-0.1, -0.05) is 59.6 Å². The second-order valence-corrected chi connectivity index (χ2v) is 5.87. The molecular formula is C17H19Cl2N. The van der Waals surface area contributed by atoms with Crippen molar-refractivity contribution in [1.29, 1.82) is 0 Å². The van der Waals surface area contributed by atoms with Crippen LogP contribution in [-0.2, 0) is 13.0 Å². The van der Waals surface area contributed by atoms with Gasteiger partial charge in [-0.2, -0.15) is 0 Å². The van der Waals surface area contributed by atoms with Crippen molar-refractivity contribution in [3.8, 4) is 0 Å². The molecule has 0 bridgehead atoms. The molecule has 2 rings (SSSR count). The first-order chi connectivity index (χ1) is 9.65. The van der Waals surface area contributed by atoms with Gasteiger partial charge in [0.15, 0.2) is 0 Å². The lowest BCUT2D eigenvalue weighted by Crippen LogP contribution is -2.25. The van der Waals surface area contributed by atoms with Gasteiger partial charge in [0.05, 0.1) is 10.0 Å². The van der Waals surface area contributed by atoms with Crippen LogP contribution in [0, 0.1) is 0 Å². The van der Waals surface area contributed by atoms with Crippen LogP contribution < -0.4 is 5.32 Å². The van der Waals surface area contributed by atoms with E-state index in [-0.39, 0.29) is 0 Å². The maximum Gasteiger partial charge on any atom is 0.0595 e. The van der Waals surface area contributed by atoms with E-state index in [1.165, 1.54) is 5.56 Å². The molecule has 0 aliphatic heterocycles. The Balaban J connectivity index is 1.77. The van der Waals surface area contributed by atoms with Crippen LogP contribution in [0.25, 0.3) is 0 Å². The number of halogens is 2. The SMILES string of the molecule is C[C@@H](CCc1ccccc1)NCc1ccc(Cl)c(Cl)c1. The highest BCUT2D eigenvalue weighted by Crippen LogP contribution is 2.22. The van der Waals surface area contributed by atoms with Crippen LogP contribution in [-0.4, -0.2) is 6.04 Å². The average Bonchev–Trinajstić information content (AvgIpc) is 2.47. The molecule has 0 unspecified atom stereocenters. The summed E-state index contributed by atoms with van der Waals surface area (Å²) in [4.78, 5) is 0. The number of aryl methyl sites for hydroxylation is 1. The second kappa shape index (κ2) is 7.68. The van der Waals surface area contributed by atoms with Crippen molar-refractivity contribution in [2.75, 3.05) is 0 Å². The standard InChI is InChI=1S/C17H19Cl2N/c1-13(7-8-14-5-3-2-4-6-14)20-12-15-9-10-16(18)17(19)11-15/h2-6,9-11,13,20H,7-8,12H2,1H3/t13-/m0/s1. The molecule has 0 saturated heterocycles. The van der Waals surface area contributed by atoms with E-state index in [2.05, 4.69) is 42.6 Å². The first-order valence-electron chi connectivity index (χ1n) is 6.86. The van der Waals surface area contributed by atoms with Crippen LogP contribution in [0.3, 0.4) is 0 Å². The molecule has 1 N–H and O–H groups in total. The molecule has 2 aromatic rings. The Morgan fingerprint density at radius 1 is 0.950 bits per heavy atom. The highest BCUT2D eigenvalue weighted by atomic mass is 35.5. The van der Waals surface area contributed by atoms with Gasteiger partial charge in [0.2, 0.25) is 0 Å². The Bertz CT molecular complexity index is 540. The molecular weight excluding hydrogens is 289 g/mol. The molecule has 0 saturated carbocycles. The Morgan fingerprint density at radius 3 is 2.40 bits per heavy atom. The monoisotopic (exact) mass is 307 g/mol. The maximum absolute atomic E-state index is 6.01. The zero-order valence-corrected chi connectivity index (χ0v) is 13.1. The van der Waals surface area contributed by atoms with Crippen LogP contribution in [0.2, 0.25) is 10.0 Å². The van der Waals surface area contributed by atoms with E-state index in [9.17, 15) is 0 Å². The van der Waals surface area contributed by atoms with Gasteiger partial charge < -0.3 is 5.32 Å². The number of nitrogens with one attached hydrogen (secondary N) is 1. The van der Waals surface area contributed by atoms with Gasteiger partial charge in [-0.15, -0.1) is 0 Å². The van der Waals surface area contributed by atoms with Gasteiger partial charge >= 0.3 is 0 Å². The third-order valence-electron chi connectivity index (χ3n) is 3.35. The number of hydrogen-bond donors (Lipinski definition) is 1. The van der Waals surface area contributed by atoms with E-state index in [1.54, 1.807) is 0 Å². The molecule has 0 amide bonds. The van der Waals surface area contributed by atoms with Gasteiger partial charge in [0.1, 0.15) is 0 Å². The Morgan fingerprint density at radius 2 is 1.70 bits per heavy atom. The van der Waals surface area contributed by atoms with Crippen molar-refractivity contribution in [2.45, 2.75) is 32.4 Å². The number of benzene rings is 2. The van der Waals surface area contributed by atoms with E-state index in [4.69, 9.17) is 23.2 Å². The summed E-state index contributed by atoms with van der Waals surface area (Å²) < 4.78 is 0. The molecule has 0 radical (unpaired) electrons. The predicted molar refractivity (Wildman–Crippen MR) is 87.5 cm³/mol. The summed E-state index contributed by atoms with van der Waals surface area (Å²) in [7, 11) is 0. The molecule has 0 spiro atoms. The van der Waals surface area contributed by atoms with E-state index < -0.39 is 0 Å². The van der Waals surface area contributed by atoms with Gasteiger partial charge in [0, 0.05) is 12.6 Å². The minimum absolute atomic E-state index is 0.463. The van der Waals surface area contributed by atoms with Crippen LogP contribution in [0.15, 0.2) is 48.5 Å². The van der Waals surface area contributed by atoms with Crippen LogP contribution in [0.5, 0.6) is 0 Å². The lowest BCUT2D eigenvalue weighted by molar-refractivity contribution is 0.514. The average molecular weight is 308 g/mol. The Kier molecular flexibility index (Phi) is 5.90. The summed E-state index contributed by atoms with van der Waals surface area (Å²) in [6.45, 7) is 3.02. The van der Waals surface area contributed by atoms with E-state index in [0.717, 1.165) is 24.9 Å². The lowest BCUT2D eigenvalue weighted by atomic mass is 10.1. The van der Waals surface area contributed by atoms with Crippen LogP contribution >= 0.6 is 23.2 Å². The van der Waals surface area contributed by atoms with Crippen molar-refractivity contribution in [3.05, 3.63) is 69.7 Å². The van der Waals surface area contributed by atoms with E-state index in [1.807, 2.05) is 18.2 Å². The lowest BCUT2D eigenvalue weighted by Gasteiger charge is -2.14. The van der Waals surface area contributed by atoms with Gasteiger partial charge in [-0.25, -0.2) is 0 Å². The van der Waals surface area contributed by atoms with E-state index >= 15 is 0 Å². The fourth-order valence-corrected chi connectivity index (χ4v) is 2.39. The summed E-state index contributed by atoms with van der Waals surface area (Å²) in [5.41, 5.74) is 2.54. The Labute approximate surface area is 130 Å². The minimum Gasteiger partial charge on any atom is -0.310 e.